The molecule has 0 radical (unpaired) electrons. The van der Waals surface area contributed by atoms with Crippen LogP contribution in [0, 0.1) is 0 Å². The number of hydrogen-bond acceptors (Lipinski definition) is 6. The van der Waals surface area contributed by atoms with Crippen LogP contribution in [0.1, 0.15) is 45.8 Å². The smallest absolute Gasteiger partial charge is 0.324 e. The van der Waals surface area contributed by atoms with Crippen LogP contribution >= 0.6 is 11.6 Å². The predicted octanol–water partition coefficient (Wildman–Crippen LogP) is 7.42. The molecule has 6 rings (SSSR count). The van der Waals surface area contributed by atoms with Gasteiger partial charge in [-0.2, -0.15) is 18.2 Å². The number of alkyl halides is 4. The molecule has 0 unspecified atom stereocenters. The Kier molecular flexibility index (Phi) is 7.84. The lowest BCUT2D eigenvalue weighted by Crippen LogP contribution is -2.30. The first-order valence-corrected chi connectivity index (χ1v) is 14.1. The summed E-state index contributed by atoms with van der Waals surface area (Å²) in [5.74, 6) is 0.286. The van der Waals surface area contributed by atoms with Crippen molar-refractivity contribution in [1.29, 1.82) is 0 Å². The highest BCUT2D eigenvalue weighted by atomic mass is 35.5. The van der Waals surface area contributed by atoms with Gasteiger partial charge in [0.1, 0.15) is 5.56 Å². The van der Waals surface area contributed by atoms with Crippen molar-refractivity contribution < 1.29 is 18.0 Å². The standard InChI is InChI=1S/C31H29ClF3N5O/c32-17-21-6-8-22(9-7-21)19-39-14-12-24-16-26(11-10-25(24)20-39)37-30-36-18-27(31(33,34)35)29(38-30)40-28(13-15-41-40)23-4-2-1-3-5-23/h1-11,16,18,28H,12-15,17,19-20H2,(H,36,37,38)/t28-/m0/s1. The van der Waals surface area contributed by atoms with E-state index in [4.69, 9.17) is 16.4 Å². The third kappa shape index (κ3) is 6.17. The van der Waals surface area contributed by atoms with Crippen LogP contribution in [0.15, 0.2) is 79.0 Å². The van der Waals surface area contributed by atoms with E-state index >= 15 is 0 Å². The second-order valence-electron chi connectivity index (χ2n) is 10.3. The molecule has 6 nitrogen and oxygen atoms in total. The average molecular weight is 580 g/mol. The van der Waals surface area contributed by atoms with Gasteiger partial charge in [0.2, 0.25) is 5.95 Å². The number of hydroxylamine groups is 1. The van der Waals surface area contributed by atoms with Gasteiger partial charge in [0, 0.05) is 43.8 Å². The fourth-order valence-electron chi connectivity index (χ4n) is 5.40. The number of nitrogens with one attached hydrogen (secondary N) is 1. The van der Waals surface area contributed by atoms with E-state index in [0.717, 1.165) is 49.1 Å². The third-order valence-electron chi connectivity index (χ3n) is 7.51. The SMILES string of the molecule is FC(F)(F)c1cnc(Nc2ccc3c(c2)CCN(Cc2ccc(CCl)cc2)C3)nc1N1OCC[C@H]1c1ccccc1. The number of halogens is 4. The molecule has 2 aliphatic rings. The zero-order valence-corrected chi connectivity index (χ0v) is 23.0. The van der Waals surface area contributed by atoms with Crippen molar-refractivity contribution in [3.8, 4) is 0 Å². The van der Waals surface area contributed by atoms with Gasteiger partial charge in [-0.25, -0.2) is 10.0 Å². The Bertz CT molecular complexity index is 1500. The summed E-state index contributed by atoms with van der Waals surface area (Å²) in [6.45, 7) is 2.87. The van der Waals surface area contributed by atoms with E-state index < -0.39 is 11.7 Å². The maximum absolute atomic E-state index is 14.0. The van der Waals surface area contributed by atoms with E-state index in [1.807, 2.05) is 42.5 Å². The molecule has 4 aromatic rings. The second kappa shape index (κ2) is 11.7. The number of anilines is 3. The molecule has 0 saturated carbocycles. The maximum Gasteiger partial charge on any atom is 0.421 e. The molecule has 212 valence electrons. The van der Waals surface area contributed by atoms with Crippen LogP contribution in [-0.2, 0) is 36.4 Å². The van der Waals surface area contributed by atoms with Crippen molar-refractivity contribution in [2.45, 2.75) is 44.0 Å². The molecule has 10 heteroatoms. The molecule has 2 aliphatic heterocycles. The number of benzene rings is 3. The van der Waals surface area contributed by atoms with Crippen molar-refractivity contribution in [2.75, 3.05) is 23.5 Å². The minimum Gasteiger partial charge on any atom is -0.324 e. The summed E-state index contributed by atoms with van der Waals surface area (Å²) in [7, 11) is 0. The van der Waals surface area contributed by atoms with E-state index in [0.29, 0.717) is 18.9 Å². The van der Waals surface area contributed by atoms with Gasteiger partial charge in [0.05, 0.1) is 12.6 Å². The van der Waals surface area contributed by atoms with Crippen LogP contribution in [0.4, 0.5) is 30.6 Å². The molecule has 0 spiro atoms. The van der Waals surface area contributed by atoms with Crippen LogP contribution in [0.5, 0.6) is 0 Å². The Morgan fingerprint density at radius 2 is 1.76 bits per heavy atom. The molecule has 1 saturated heterocycles. The second-order valence-corrected chi connectivity index (χ2v) is 10.6. The van der Waals surface area contributed by atoms with Crippen molar-refractivity contribution in [3.05, 3.63) is 112 Å². The Morgan fingerprint density at radius 3 is 2.51 bits per heavy atom. The Morgan fingerprint density at radius 1 is 0.976 bits per heavy atom. The summed E-state index contributed by atoms with van der Waals surface area (Å²) in [4.78, 5) is 16.4. The molecule has 0 aliphatic carbocycles. The van der Waals surface area contributed by atoms with E-state index in [-0.39, 0.29) is 17.8 Å². The van der Waals surface area contributed by atoms with Gasteiger partial charge in [-0.05, 0) is 46.4 Å². The Labute approximate surface area is 241 Å². The van der Waals surface area contributed by atoms with Gasteiger partial charge in [0.15, 0.2) is 5.82 Å². The minimum atomic E-state index is -4.63. The van der Waals surface area contributed by atoms with Gasteiger partial charge in [0.25, 0.3) is 0 Å². The number of nitrogens with zero attached hydrogens (tertiary/aromatic N) is 4. The largest absolute Gasteiger partial charge is 0.421 e. The van der Waals surface area contributed by atoms with E-state index in [1.54, 1.807) is 0 Å². The molecule has 0 amide bonds. The number of hydrogen-bond donors (Lipinski definition) is 1. The van der Waals surface area contributed by atoms with Crippen LogP contribution in [0.25, 0.3) is 0 Å². The number of fused-ring (bicyclic) bond motifs is 1. The van der Waals surface area contributed by atoms with E-state index in [2.05, 4.69) is 50.5 Å². The van der Waals surface area contributed by atoms with Gasteiger partial charge >= 0.3 is 6.18 Å². The Balaban J connectivity index is 1.20. The van der Waals surface area contributed by atoms with Crippen molar-refractivity contribution >= 4 is 29.1 Å². The molecule has 41 heavy (non-hydrogen) atoms. The maximum atomic E-state index is 14.0. The molecule has 1 N–H and O–H groups in total. The molecule has 3 aromatic carbocycles. The predicted molar refractivity (Wildman–Crippen MR) is 153 cm³/mol. The fraction of sp³-hybridized carbons (Fsp3) is 0.290. The lowest BCUT2D eigenvalue weighted by molar-refractivity contribution is -0.138. The quantitative estimate of drug-likeness (QED) is 0.230. The normalized spacial score (nSPS) is 17.5. The summed E-state index contributed by atoms with van der Waals surface area (Å²) >= 11 is 5.91. The van der Waals surface area contributed by atoms with Gasteiger partial charge in [-0.3, -0.25) is 9.74 Å². The molecular formula is C31H29ClF3N5O. The van der Waals surface area contributed by atoms with Crippen LogP contribution in [0.2, 0.25) is 0 Å². The highest BCUT2D eigenvalue weighted by molar-refractivity contribution is 6.17. The first-order chi connectivity index (χ1) is 19.9. The minimum absolute atomic E-state index is 0.0769. The van der Waals surface area contributed by atoms with Gasteiger partial charge < -0.3 is 5.32 Å². The summed E-state index contributed by atoms with van der Waals surface area (Å²) in [5, 5.41) is 4.39. The zero-order valence-electron chi connectivity index (χ0n) is 22.2. The van der Waals surface area contributed by atoms with Gasteiger partial charge in [-0.15, -0.1) is 11.6 Å². The van der Waals surface area contributed by atoms with E-state index in [1.165, 1.54) is 21.8 Å². The molecular weight excluding hydrogens is 551 g/mol. The topological polar surface area (TPSA) is 53.5 Å². The zero-order chi connectivity index (χ0) is 28.4. The average Bonchev–Trinajstić information content (AvgIpc) is 3.48. The fourth-order valence-corrected chi connectivity index (χ4v) is 5.58. The molecule has 1 fully saturated rings. The van der Waals surface area contributed by atoms with Gasteiger partial charge in [-0.1, -0.05) is 60.7 Å². The monoisotopic (exact) mass is 579 g/mol. The lowest BCUT2D eigenvalue weighted by atomic mass is 9.98. The first-order valence-electron chi connectivity index (χ1n) is 13.5. The van der Waals surface area contributed by atoms with Crippen molar-refractivity contribution in [2.24, 2.45) is 0 Å². The lowest BCUT2D eigenvalue weighted by Gasteiger charge is -2.29. The molecule has 1 atom stereocenters. The Hall–Kier alpha value is -3.66. The molecule has 1 aromatic heterocycles. The van der Waals surface area contributed by atoms with Crippen LogP contribution in [-0.4, -0.2) is 28.0 Å². The van der Waals surface area contributed by atoms with Crippen LogP contribution < -0.4 is 10.4 Å². The first kappa shape index (κ1) is 27.5. The summed E-state index contributed by atoms with van der Waals surface area (Å²) in [5.41, 5.74) is 5.42. The number of rotatable bonds is 7. The number of aromatic nitrogens is 2. The van der Waals surface area contributed by atoms with E-state index in [9.17, 15) is 13.2 Å². The van der Waals surface area contributed by atoms with Crippen molar-refractivity contribution in [1.82, 2.24) is 14.9 Å². The molecule has 0 bridgehead atoms. The summed E-state index contributed by atoms with van der Waals surface area (Å²) in [6.07, 6.45) is -2.39. The van der Waals surface area contributed by atoms with Crippen LogP contribution in [0.3, 0.4) is 0 Å². The molecule has 3 heterocycles. The highest BCUT2D eigenvalue weighted by Gasteiger charge is 2.40. The summed E-state index contributed by atoms with van der Waals surface area (Å²) in [6, 6.07) is 23.3. The van der Waals surface area contributed by atoms with Crippen molar-refractivity contribution in [3.63, 3.8) is 0 Å². The third-order valence-corrected chi connectivity index (χ3v) is 7.82. The highest BCUT2D eigenvalue weighted by Crippen LogP contribution is 2.41. The summed E-state index contributed by atoms with van der Waals surface area (Å²) < 4.78 is 42.0.